The predicted molar refractivity (Wildman–Crippen MR) is 81.8 cm³/mol. The van der Waals surface area contributed by atoms with Crippen LogP contribution in [-0.4, -0.2) is 41.9 Å². The fourth-order valence-corrected chi connectivity index (χ4v) is 2.79. The number of amides is 1. The van der Waals surface area contributed by atoms with Crippen LogP contribution in [-0.2, 0) is 0 Å². The largest absolute Gasteiger partial charge is 0.433 e. The highest BCUT2D eigenvalue weighted by Gasteiger charge is 2.17. The van der Waals surface area contributed by atoms with E-state index in [1.54, 1.807) is 0 Å². The summed E-state index contributed by atoms with van der Waals surface area (Å²) in [4.78, 5) is 24.1. The fourth-order valence-electron chi connectivity index (χ4n) is 2.79. The molecule has 7 heteroatoms. The lowest BCUT2D eigenvalue weighted by Gasteiger charge is -2.30. The number of carbonyl (C=O) groups excluding carboxylic acids is 1. The monoisotopic (exact) mass is 309 g/mol. The van der Waals surface area contributed by atoms with E-state index in [2.05, 4.69) is 17.1 Å². The summed E-state index contributed by atoms with van der Waals surface area (Å²) >= 11 is 0. The summed E-state index contributed by atoms with van der Waals surface area (Å²) in [6.07, 6.45) is 4.52. The van der Waals surface area contributed by atoms with Gasteiger partial charge in [0, 0.05) is 13.1 Å². The summed E-state index contributed by atoms with van der Waals surface area (Å²) < 4.78 is 4.85. The molecule has 0 aromatic carbocycles. The Hall–Kier alpha value is -1.89. The number of nitro groups is 1. The van der Waals surface area contributed by atoms with E-state index in [0.717, 1.165) is 25.3 Å². The molecule has 1 fully saturated rings. The molecule has 1 unspecified atom stereocenters. The van der Waals surface area contributed by atoms with Crippen molar-refractivity contribution >= 4 is 11.8 Å². The van der Waals surface area contributed by atoms with E-state index in [4.69, 9.17) is 4.42 Å². The van der Waals surface area contributed by atoms with E-state index >= 15 is 0 Å². The summed E-state index contributed by atoms with van der Waals surface area (Å²) in [5.74, 6) is -0.0520. The third-order valence-electron chi connectivity index (χ3n) is 3.92. The highest BCUT2D eigenvalue weighted by Crippen LogP contribution is 2.16. The van der Waals surface area contributed by atoms with Crippen molar-refractivity contribution in [1.29, 1.82) is 0 Å². The van der Waals surface area contributed by atoms with Crippen molar-refractivity contribution in [2.75, 3.05) is 26.2 Å². The molecule has 0 aliphatic carbocycles. The number of furan rings is 1. The molecule has 22 heavy (non-hydrogen) atoms. The maximum atomic E-state index is 11.8. The number of likely N-dealkylation sites (tertiary alicyclic amines) is 1. The number of nitrogens with zero attached hydrogens (tertiary/aromatic N) is 2. The summed E-state index contributed by atoms with van der Waals surface area (Å²) in [5.41, 5.74) is 0. The smallest absolute Gasteiger partial charge is 0.395 e. The molecule has 1 atom stereocenters. The predicted octanol–water partition coefficient (Wildman–Crippen LogP) is 2.43. The first kappa shape index (κ1) is 16.5. The van der Waals surface area contributed by atoms with Gasteiger partial charge in [0.2, 0.25) is 0 Å². The summed E-state index contributed by atoms with van der Waals surface area (Å²) in [6.45, 7) is 6.24. The number of hydrogen-bond acceptors (Lipinski definition) is 5. The molecule has 0 radical (unpaired) electrons. The standard InChI is InChI=1S/C15H23N3O4/c1-12-5-4-10-17(11-12)9-3-2-8-16-15(19)13-6-7-14(22-13)18(20)21/h6-7,12H,2-5,8-11H2,1H3,(H,16,19). The zero-order valence-corrected chi connectivity index (χ0v) is 12.9. The van der Waals surface area contributed by atoms with E-state index < -0.39 is 16.7 Å². The van der Waals surface area contributed by atoms with Crippen LogP contribution in [0.3, 0.4) is 0 Å². The first-order valence-corrected chi connectivity index (χ1v) is 7.81. The third-order valence-corrected chi connectivity index (χ3v) is 3.92. The van der Waals surface area contributed by atoms with Gasteiger partial charge in [0.15, 0.2) is 5.76 Å². The van der Waals surface area contributed by atoms with Gasteiger partial charge in [-0.2, -0.15) is 0 Å². The highest BCUT2D eigenvalue weighted by atomic mass is 16.6. The summed E-state index contributed by atoms with van der Waals surface area (Å²) in [6, 6.07) is 2.51. The lowest BCUT2D eigenvalue weighted by atomic mass is 10.0. The van der Waals surface area contributed by atoms with E-state index in [1.165, 1.54) is 38.1 Å². The van der Waals surface area contributed by atoms with Crippen molar-refractivity contribution < 1.29 is 14.1 Å². The molecule has 1 aliphatic rings. The van der Waals surface area contributed by atoms with Crippen LogP contribution in [0.25, 0.3) is 0 Å². The number of unbranched alkanes of at least 4 members (excludes halogenated alkanes) is 1. The van der Waals surface area contributed by atoms with Crippen molar-refractivity contribution in [2.45, 2.75) is 32.6 Å². The van der Waals surface area contributed by atoms with Gasteiger partial charge >= 0.3 is 5.88 Å². The number of piperidine rings is 1. The molecule has 0 bridgehead atoms. The van der Waals surface area contributed by atoms with Crippen LogP contribution in [0.2, 0.25) is 0 Å². The lowest BCUT2D eigenvalue weighted by molar-refractivity contribution is -0.402. The van der Waals surface area contributed by atoms with Crippen LogP contribution in [0.4, 0.5) is 5.88 Å². The molecular weight excluding hydrogens is 286 g/mol. The molecule has 1 N–H and O–H groups in total. The van der Waals surface area contributed by atoms with Crippen LogP contribution in [0.1, 0.15) is 43.2 Å². The number of carbonyl (C=O) groups is 1. The molecule has 7 nitrogen and oxygen atoms in total. The van der Waals surface area contributed by atoms with Gasteiger partial charge in [-0.3, -0.25) is 14.9 Å². The van der Waals surface area contributed by atoms with E-state index in [9.17, 15) is 14.9 Å². The minimum Gasteiger partial charge on any atom is -0.395 e. The van der Waals surface area contributed by atoms with Gasteiger partial charge in [-0.05, 0) is 50.8 Å². The molecule has 0 saturated carbocycles. The van der Waals surface area contributed by atoms with E-state index in [0.29, 0.717) is 6.54 Å². The molecule has 1 amide bonds. The van der Waals surface area contributed by atoms with Crippen molar-refractivity contribution in [3.05, 3.63) is 28.0 Å². The Morgan fingerprint density at radius 3 is 3.00 bits per heavy atom. The van der Waals surface area contributed by atoms with Crippen molar-refractivity contribution in [2.24, 2.45) is 5.92 Å². The van der Waals surface area contributed by atoms with Crippen molar-refractivity contribution in [3.63, 3.8) is 0 Å². The average Bonchev–Trinajstić information content (AvgIpc) is 2.97. The van der Waals surface area contributed by atoms with Gasteiger partial charge in [-0.25, -0.2) is 0 Å². The minimum atomic E-state index is -0.656. The fraction of sp³-hybridized carbons (Fsp3) is 0.667. The van der Waals surface area contributed by atoms with Crippen LogP contribution < -0.4 is 5.32 Å². The molecular formula is C15H23N3O4. The number of nitrogens with one attached hydrogen (secondary N) is 1. The Kier molecular flexibility index (Phi) is 5.94. The molecule has 2 heterocycles. The molecule has 1 aromatic rings. The minimum absolute atomic E-state index is 0.0171. The Morgan fingerprint density at radius 1 is 1.50 bits per heavy atom. The Morgan fingerprint density at radius 2 is 2.32 bits per heavy atom. The Labute approximate surface area is 129 Å². The van der Waals surface area contributed by atoms with Crippen LogP contribution >= 0.6 is 0 Å². The first-order valence-electron chi connectivity index (χ1n) is 7.81. The normalized spacial score (nSPS) is 19.0. The van der Waals surface area contributed by atoms with Crippen molar-refractivity contribution in [1.82, 2.24) is 10.2 Å². The van der Waals surface area contributed by atoms with Gasteiger partial charge in [-0.1, -0.05) is 6.92 Å². The van der Waals surface area contributed by atoms with Gasteiger partial charge in [0.25, 0.3) is 5.91 Å². The SMILES string of the molecule is CC1CCCN(CCCCNC(=O)c2ccc([N+](=O)[O-])o2)C1. The van der Waals surface area contributed by atoms with Gasteiger partial charge in [-0.15, -0.1) is 0 Å². The van der Waals surface area contributed by atoms with Crippen LogP contribution in [0.15, 0.2) is 16.5 Å². The molecule has 1 aromatic heterocycles. The summed E-state index contributed by atoms with van der Waals surface area (Å²) in [5, 5.41) is 13.2. The molecule has 1 saturated heterocycles. The molecule has 2 rings (SSSR count). The second-order valence-electron chi connectivity index (χ2n) is 5.91. The molecule has 122 valence electrons. The van der Waals surface area contributed by atoms with Crippen LogP contribution in [0.5, 0.6) is 0 Å². The van der Waals surface area contributed by atoms with Gasteiger partial charge < -0.3 is 14.6 Å². The van der Waals surface area contributed by atoms with Crippen molar-refractivity contribution in [3.8, 4) is 0 Å². The van der Waals surface area contributed by atoms with Crippen LogP contribution in [0, 0.1) is 16.0 Å². The third kappa shape index (κ3) is 4.84. The van der Waals surface area contributed by atoms with Gasteiger partial charge in [0.05, 0.1) is 6.07 Å². The Bertz CT molecular complexity index is 515. The van der Waals surface area contributed by atoms with E-state index in [-0.39, 0.29) is 5.76 Å². The van der Waals surface area contributed by atoms with Gasteiger partial charge in [0.1, 0.15) is 4.92 Å². The second-order valence-corrected chi connectivity index (χ2v) is 5.91. The maximum Gasteiger partial charge on any atom is 0.433 e. The first-order chi connectivity index (χ1) is 10.6. The second kappa shape index (κ2) is 7.93. The highest BCUT2D eigenvalue weighted by molar-refractivity contribution is 5.91. The average molecular weight is 309 g/mol. The topological polar surface area (TPSA) is 88.6 Å². The zero-order chi connectivity index (χ0) is 15.9. The quantitative estimate of drug-likeness (QED) is 0.475. The zero-order valence-electron chi connectivity index (χ0n) is 12.9. The Balaban J connectivity index is 1.61. The number of hydrogen-bond donors (Lipinski definition) is 1. The maximum absolute atomic E-state index is 11.8. The molecule has 0 spiro atoms. The van der Waals surface area contributed by atoms with E-state index in [1.807, 2.05) is 0 Å². The summed E-state index contributed by atoms with van der Waals surface area (Å²) in [7, 11) is 0. The molecule has 1 aliphatic heterocycles. The lowest BCUT2D eigenvalue weighted by Crippen LogP contribution is -2.35. The number of rotatable bonds is 7.